The van der Waals surface area contributed by atoms with E-state index in [4.69, 9.17) is 4.98 Å². The predicted octanol–water partition coefficient (Wildman–Crippen LogP) is 18.2. The molecule has 4 N–H and O–H groups in total. The van der Waals surface area contributed by atoms with Gasteiger partial charge in [-0.05, 0) is 203 Å². The van der Waals surface area contributed by atoms with Gasteiger partial charge in [0.2, 0.25) is 23.8 Å². The summed E-state index contributed by atoms with van der Waals surface area (Å²) in [6.07, 6.45) is 28.6. The zero-order valence-corrected chi connectivity index (χ0v) is 78.8. The van der Waals surface area contributed by atoms with Crippen molar-refractivity contribution in [3.8, 4) is 22.7 Å². The Balaban J connectivity index is 0.000000129. The van der Waals surface area contributed by atoms with Crippen LogP contribution in [0.2, 0.25) is 0 Å². The standard InChI is InChI=1S/C26H30FN7O.C25H31N7O.C25H33N7O.C23H29N7O/c1-16(2)21-13-32(3)25(35)34(21)23-6-9-28-24(30-23)31-26(7-8-26)22-14-33(15-29-22)20-11-18(17-4-5-17)10-19(27)12-20;1-16(2)22-14-30(4)25(33)32(22)23-10-11-26-24(29-23)28-17(3)21-13-31(15-27-21)20-7-5-6-19(12-20)18-8-9-18;1-16(2)19-8-7-9-20(12-19)31-13-21(27-15-31)18(5)28-24-26-11-10-23(29-24)32-22(17(3)4)14-30(6)25(32)33;1-15(2)20-13-28(5)23(31)30(20)21-10-11-24-22(27-21)26-17(4)19-12-29(14-25-19)18-8-6-16(3)7-9-18/h6,9-12,14-17,21H,4-5,7-8,13H2,1-3H3,(H,28,30,31);5-7,10-13,15-18,22H,8-9,14H2,1-4H3,(H,26,28,29);7-13,15-18,22H,14H2,1-6H3,(H,26,28,29);6-12,14-15,17,20H,13H2,1-5H3,(H,24,26,27)/t21-;17-,22+;18-,22+;17-,20+/m1000/s1. The quantitative estimate of drug-likeness (QED) is 0.0372. The third-order valence-corrected chi connectivity index (χ3v) is 25.9. The lowest BCUT2D eigenvalue weighted by Gasteiger charge is -2.25. The van der Waals surface area contributed by atoms with Crippen molar-refractivity contribution in [3.05, 3.63) is 241 Å². The predicted molar refractivity (Wildman–Crippen MR) is 512 cm³/mol. The van der Waals surface area contributed by atoms with Gasteiger partial charge in [0.15, 0.2) is 0 Å². The zero-order valence-electron chi connectivity index (χ0n) is 78.8. The molecule has 12 aromatic rings. The number of hydrogen-bond acceptors (Lipinski definition) is 20. The fourth-order valence-electron chi connectivity index (χ4n) is 17.3. The second kappa shape index (κ2) is 38.7. The summed E-state index contributed by atoms with van der Waals surface area (Å²) in [5.41, 5.74) is 12.2. The van der Waals surface area contributed by atoms with E-state index in [2.05, 4.69) is 236 Å². The molecule has 12 heterocycles. The number of benzene rings is 4. The van der Waals surface area contributed by atoms with Gasteiger partial charge in [-0.2, -0.15) is 19.9 Å². The van der Waals surface area contributed by atoms with Crippen LogP contribution in [0.1, 0.15) is 209 Å². The number of likely N-dealkylation sites (N-methyl/N-ethyl adjacent to an activating group) is 4. The number of nitrogens with zero attached hydrogens (tertiary/aromatic N) is 24. The molecule has 3 aliphatic carbocycles. The molecule has 0 spiro atoms. The van der Waals surface area contributed by atoms with Crippen LogP contribution in [0.4, 0.5) is 70.6 Å². The summed E-state index contributed by atoms with van der Waals surface area (Å²) in [4.78, 5) is 120. The maximum Gasteiger partial charge on any atom is 0.325 e. The number of nitrogens with one attached hydrogen (secondary N) is 4. The summed E-state index contributed by atoms with van der Waals surface area (Å²) in [5.74, 6) is 7.07. The van der Waals surface area contributed by atoms with Crippen molar-refractivity contribution < 1.29 is 23.6 Å². The first-order valence-corrected chi connectivity index (χ1v) is 46.1. The summed E-state index contributed by atoms with van der Waals surface area (Å²) in [6, 6.07) is 37.8. The molecule has 3 saturated carbocycles. The molecular weight excluding hydrogens is 1660 g/mol. The number of amides is 8. The Morgan fingerprint density at radius 1 is 0.371 bits per heavy atom. The molecule has 32 nitrogen and oxygen atoms in total. The van der Waals surface area contributed by atoms with Crippen molar-refractivity contribution in [2.75, 3.05) is 95.2 Å². The SMILES string of the molecule is CC(C)[C@H]1CN(C)C(=O)N1c1ccnc(NC2(c3cn(-c4cc(F)cc(C5CC5)c4)cn3)CC2)n1.CC(C)[C@H]1CN(C)C(=O)N1c1ccnc(N[C@@H](C)c2cn(-c3cccc(C4CC4)c3)cn2)n1.CC(C)c1cccc(-n2cnc([C@H](C)Nc3nccc(N4C(=O)N(C)C[C@@H]4C(C)C)n3)c2)c1.Cc1ccc(-n2cnc([C@H](C)Nc3nccc(N4C(=O)N(C)C[C@@H]4C(C)C)n3)c2)cc1. The van der Waals surface area contributed by atoms with E-state index < -0.39 is 0 Å². The Bertz CT molecular complexity index is 5900. The molecule has 0 bridgehead atoms. The number of urea groups is 4. The van der Waals surface area contributed by atoms with Gasteiger partial charge in [-0.15, -0.1) is 0 Å². The van der Waals surface area contributed by atoms with E-state index in [0.717, 1.165) is 82.7 Å². The van der Waals surface area contributed by atoms with E-state index in [1.54, 1.807) is 113 Å². The van der Waals surface area contributed by atoms with Crippen LogP contribution in [-0.4, -0.2) is 200 Å². The summed E-state index contributed by atoms with van der Waals surface area (Å²) in [7, 11) is 7.30. The van der Waals surface area contributed by atoms with Crippen molar-refractivity contribution in [2.45, 2.75) is 201 Å². The molecule has 0 unspecified atom stereocenters. The highest BCUT2D eigenvalue weighted by molar-refractivity contribution is 5.96. The fraction of sp³-hybridized carbons (Fsp3) is 0.434. The lowest BCUT2D eigenvalue weighted by molar-refractivity contribution is 0.228. The van der Waals surface area contributed by atoms with Gasteiger partial charge in [-0.3, -0.25) is 19.6 Å². The number of aromatic nitrogens is 16. The average Bonchev–Trinajstić information content (AvgIpc) is 1.59. The first-order chi connectivity index (χ1) is 63.3. The number of carbonyl (C=O) groups excluding carboxylic acids is 4. The molecule has 4 aromatic carbocycles. The second-order valence-electron chi connectivity index (χ2n) is 37.9. The van der Waals surface area contributed by atoms with Gasteiger partial charge in [-0.25, -0.2) is 63.4 Å². The van der Waals surface area contributed by atoms with Crippen LogP contribution in [0.25, 0.3) is 22.7 Å². The normalized spacial score (nSPS) is 18.9. The molecule has 8 amide bonds. The van der Waals surface area contributed by atoms with Crippen LogP contribution in [0.3, 0.4) is 0 Å². The third kappa shape index (κ3) is 20.5. The van der Waals surface area contributed by atoms with Gasteiger partial charge >= 0.3 is 24.1 Å². The summed E-state index contributed by atoms with van der Waals surface area (Å²) < 4.78 is 22.2. The summed E-state index contributed by atoms with van der Waals surface area (Å²) in [6.45, 7) is 32.3. The minimum absolute atomic E-state index is 0.0291. The molecule has 132 heavy (non-hydrogen) atoms. The van der Waals surface area contributed by atoms with Crippen molar-refractivity contribution in [2.24, 2.45) is 23.7 Å². The number of carbonyl (C=O) groups is 4. The molecule has 7 aliphatic rings. The number of halogens is 1. The lowest BCUT2D eigenvalue weighted by Crippen LogP contribution is -2.38. The van der Waals surface area contributed by atoms with Crippen LogP contribution in [0.15, 0.2) is 190 Å². The number of imidazole rings is 4. The van der Waals surface area contributed by atoms with Crippen molar-refractivity contribution in [1.82, 2.24) is 97.7 Å². The fourth-order valence-corrected chi connectivity index (χ4v) is 17.3. The third-order valence-electron chi connectivity index (χ3n) is 25.9. The van der Waals surface area contributed by atoms with Crippen molar-refractivity contribution in [3.63, 3.8) is 0 Å². The number of aryl methyl sites for hydroxylation is 1. The minimum atomic E-state index is -0.361. The topological polar surface area (TPSA) is 317 Å². The van der Waals surface area contributed by atoms with Gasteiger partial charge in [0.1, 0.15) is 29.1 Å². The molecular formula is C99H123FN28O4. The molecule has 8 aromatic heterocycles. The maximum atomic E-state index is 14.2. The van der Waals surface area contributed by atoms with E-state index in [9.17, 15) is 23.6 Å². The van der Waals surface area contributed by atoms with Gasteiger partial charge < -0.3 is 59.1 Å². The number of anilines is 8. The van der Waals surface area contributed by atoms with E-state index >= 15 is 0 Å². The number of hydrogen-bond donors (Lipinski definition) is 4. The van der Waals surface area contributed by atoms with Crippen molar-refractivity contribution in [1.29, 1.82) is 0 Å². The van der Waals surface area contributed by atoms with Gasteiger partial charge in [0.05, 0.1) is 95.9 Å². The summed E-state index contributed by atoms with van der Waals surface area (Å²) in [5, 5.41) is 13.5. The molecule has 690 valence electrons. The van der Waals surface area contributed by atoms with Crippen LogP contribution in [0, 0.1) is 36.4 Å². The minimum Gasteiger partial charge on any atom is -0.346 e. The van der Waals surface area contributed by atoms with E-state index in [0.29, 0.717) is 109 Å². The Morgan fingerprint density at radius 3 is 1.12 bits per heavy atom. The van der Waals surface area contributed by atoms with E-state index in [1.165, 1.54) is 29.5 Å². The van der Waals surface area contributed by atoms with Crippen LogP contribution in [0.5, 0.6) is 0 Å². The first-order valence-electron chi connectivity index (χ1n) is 46.1. The Hall–Kier alpha value is -13.8. The Morgan fingerprint density at radius 2 is 0.727 bits per heavy atom. The summed E-state index contributed by atoms with van der Waals surface area (Å²) >= 11 is 0. The Kier molecular flexibility index (Phi) is 26.9. The van der Waals surface area contributed by atoms with Gasteiger partial charge in [0, 0.05) is 127 Å². The van der Waals surface area contributed by atoms with E-state index in [-0.39, 0.29) is 77.8 Å². The number of rotatable bonds is 27. The first kappa shape index (κ1) is 91.6. The highest BCUT2D eigenvalue weighted by atomic mass is 19.1. The monoisotopic (exact) mass is 1790 g/mol. The zero-order chi connectivity index (χ0) is 93.2. The molecule has 7 fully saturated rings. The maximum absolute atomic E-state index is 14.2. The smallest absolute Gasteiger partial charge is 0.325 e. The Labute approximate surface area is 772 Å². The average molecular weight is 1790 g/mol. The molecule has 33 heteroatoms. The van der Waals surface area contributed by atoms with Crippen LogP contribution < -0.4 is 40.9 Å². The second-order valence-corrected chi connectivity index (χ2v) is 37.9. The van der Waals surface area contributed by atoms with E-state index in [1.807, 2.05) is 100 Å². The molecule has 4 saturated heterocycles. The lowest BCUT2D eigenvalue weighted by atomic mass is 10.0. The largest absolute Gasteiger partial charge is 0.346 e. The highest BCUT2D eigenvalue weighted by Gasteiger charge is 2.48. The van der Waals surface area contributed by atoms with Gasteiger partial charge in [-0.1, -0.05) is 111 Å². The highest BCUT2D eigenvalue weighted by Crippen LogP contribution is 2.48. The van der Waals surface area contributed by atoms with Crippen LogP contribution >= 0.6 is 0 Å². The molecule has 0 radical (unpaired) electrons. The molecule has 7 atom stereocenters. The van der Waals surface area contributed by atoms with Crippen LogP contribution in [-0.2, 0) is 5.54 Å². The molecule has 19 rings (SSSR count). The molecule has 4 aliphatic heterocycles. The van der Waals surface area contributed by atoms with Crippen molar-refractivity contribution >= 4 is 71.2 Å². The van der Waals surface area contributed by atoms with Gasteiger partial charge in [0.25, 0.3) is 0 Å².